The van der Waals surface area contributed by atoms with Crippen molar-refractivity contribution in [1.29, 1.82) is 0 Å². The molecule has 136 valence electrons. The number of carboxylic acid groups (broad SMARTS) is 1. The van der Waals surface area contributed by atoms with Crippen LogP contribution in [-0.2, 0) is 11.3 Å². The maximum absolute atomic E-state index is 11.3. The van der Waals surface area contributed by atoms with Crippen LogP contribution in [0.3, 0.4) is 0 Å². The molecule has 0 unspecified atom stereocenters. The summed E-state index contributed by atoms with van der Waals surface area (Å²) in [4.78, 5) is 11.3. The van der Waals surface area contributed by atoms with E-state index in [2.05, 4.69) is 0 Å². The van der Waals surface area contributed by atoms with Crippen molar-refractivity contribution in [2.24, 2.45) is 0 Å². The molecule has 0 aliphatic carbocycles. The number of nitrogens with zero attached hydrogens (tertiary/aromatic N) is 1. The van der Waals surface area contributed by atoms with E-state index in [9.17, 15) is 9.90 Å². The van der Waals surface area contributed by atoms with Crippen molar-refractivity contribution in [3.8, 4) is 11.5 Å². The minimum absolute atomic E-state index is 0.0775. The van der Waals surface area contributed by atoms with Gasteiger partial charge in [0.15, 0.2) is 0 Å². The summed E-state index contributed by atoms with van der Waals surface area (Å²) < 4.78 is 13.2. The Morgan fingerprint density at radius 1 is 0.889 bits per heavy atom. The van der Waals surface area contributed by atoms with E-state index in [0.29, 0.717) is 5.75 Å². The number of aromatic nitrogens is 1. The number of rotatable bonds is 6. The quantitative estimate of drug-likeness (QED) is 0.510. The molecule has 0 fully saturated rings. The Kier molecular flexibility index (Phi) is 4.42. The van der Waals surface area contributed by atoms with Gasteiger partial charge in [0, 0.05) is 22.4 Å². The van der Waals surface area contributed by atoms with Gasteiger partial charge >= 0.3 is 5.97 Å². The molecule has 4 rings (SSSR count). The van der Waals surface area contributed by atoms with Gasteiger partial charge in [-0.3, -0.25) is 4.79 Å². The number of aliphatic carboxylic acids is 1. The van der Waals surface area contributed by atoms with Gasteiger partial charge in [-0.05, 0) is 42.8 Å². The number of aryl methyl sites for hydroxylation is 1. The van der Waals surface area contributed by atoms with Crippen LogP contribution in [0.25, 0.3) is 21.8 Å². The van der Waals surface area contributed by atoms with E-state index in [1.54, 1.807) is 4.57 Å². The topological polar surface area (TPSA) is 60.7 Å². The van der Waals surface area contributed by atoms with Crippen molar-refractivity contribution in [3.05, 3.63) is 72.3 Å². The first-order valence-corrected chi connectivity index (χ1v) is 8.67. The van der Waals surface area contributed by atoms with E-state index >= 15 is 0 Å². The van der Waals surface area contributed by atoms with Crippen molar-refractivity contribution in [2.75, 3.05) is 6.79 Å². The number of carboxylic acids is 1. The molecule has 0 saturated heterocycles. The van der Waals surface area contributed by atoms with Crippen LogP contribution in [0.15, 0.2) is 66.7 Å². The van der Waals surface area contributed by atoms with Gasteiger partial charge in [0.25, 0.3) is 0 Å². The fraction of sp³-hybridized carbons (Fsp3) is 0.136. The zero-order valence-electron chi connectivity index (χ0n) is 14.9. The number of hydrogen-bond acceptors (Lipinski definition) is 3. The molecule has 0 amide bonds. The smallest absolute Gasteiger partial charge is 0.323 e. The summed E-state index contributed by atoms with van der Waals surface area (Å²) in [7, 11) is 0. The van der Waals surface area contributed by atoms with Crippen LogP contribution in [0, 0.1) is 6.92 Å². The fourth-order valence-corrected chi connectivity index (χ4v) is 3.30. The van der Waals surface area contributed by atoms with E-state index in [0.717, 1.165) is 33.1 Å². The molecule has 0 spiro atoms. The lowest BCUT2D eigenvalue weighted by Crippen LogP contribution is -2.08. The van der Waals surface area contributed by atoms with Crippen LogP contribution in [0.2, 0.25) is 0 Å². The highest BCUT2D eigenvalue weighted by molar-refractivity contribution is 6.08. The molecule has 27 heavy (non-hydrogen) atoms. The third-order valence-corrected chi connectivity index (χ3v) is 4.48. The van der Waals surface area contributed by atoms with Crippen LogP contribution in [0.5, 0.6) is 11.5 Å². The molecule has 3 aromatic carbocycles. The third kappa shape index (κ3) is 3.44. The van der Waals surface area contributed by atoms with Crippen molar-refractivity contribution < 1.29 is 19.4 Å². The second-order valence-corrected chi connectivity index (χ2v) is 6.40. The van der Waals surface area contributed by atoms with Gasteiger partial charge in [-0.2, -0.15) is 0 Å². The molecule has 5 heteroatoms. The lowest BCUT2D eigenvalue weighted by atomic mass is 10.1. The highest BCUT2D eigenvalue weighted by atomic mass is 16.7. The Morgan fingerprint density at radius 2 is 1.63 bits per heavy atom. The maximum Gasteiger partial charge on any atom is 0.323 e. The monoisotopic (exact) mass is 361 g/mol. The summed E-state index contributed by atoms with van der Waals surface area (Å²) in [6, 6.07) is 21.2. The van der Waals surface area contributed by atoms with Gasteiger partial charge in [0.2, 0.25) is 6.79 Å². The molecule has 4 aromatic rings. The van der Waals surface area contributed by atoms with Crippen LogP contribution < -0.4 is 9.47 Å². The van der Waals surface area contributed by atoms with Gasteiger partial charge in [-0.1, -0.05) is 30.3 Å². The summed E-state index contributed by atoms with van der Waals surface area (Å²) in [5, 5.41) is 11.3. The normalized spacial score (nSPS) is 11.0. The number of hydrogen-bond donors (Lipinski definition) is 1. The maximum atomic E-state index is 11.3. The Hall–Kier alpha value is -3.47. The molecule has 0 radical (unpaired) electrons. The third-order valence-electron chi connectivity index (χ3n) is 4.48. The average molecular weight is 361 g/mol. The minimum atomic E-state index is -0.883. The van der Waals surface area contributed by atoms with Gasteiger partial charge in [0.05, 0.1) is 5.52 Å². The summed E-state index contributed by atoms with van der Waals surface area (Å²) in [5.41, 5.74) is 2.84. The number of ether oxygens (including phenoxy) is 2. The van der Waals surface area contributed by atoms with Crippen LogP contribution in [0.1, 0.15) is 5.56 Å². The molecule has 0 saturated carbocycles. The van der Waals surface area contributed by atoms with Crippen molar-refractivity contribution in [2.45, 2.75) is 13.5 Å². The standard InChI is InChI=1S/C22H19NO4/c1-15-5-4-6-16(11-15)26-14-27-17-9-10-19-18-7-2-3-8-20(18)23(13-22(24)25)21(19)12-17/h2-12H,13-14H2,1H3,(H,24,25). The molecular formula is C22H19NO4. The molecule has 0 aliphatic heterocycles. The Labute approximate surface area is 156 Å². The van der Waals surface area contributed by atoms with Crippen LogP contribution in [0.4, 0.5) is 0 Å². The lowest BCUT2D eigenvalue weighted by molar-refractivity contribution is -0.137. The zero-order chi connectivity index (χ0) is 18.8. The van der Waals surface area contributed by atoms with Crippen molar-refractivity contribution in [3.63, 3.8) is 0 Å². The average Bonchev–Trinajstić information content (AvgIpc) is 2.95. The largest absolute Gasteiger partial charge is 0.480 e. The predicted molar refractivity (Wildman–Crippen MR) is 104 cm³/mol. The first-order valence-electron chi connectivity index (χ1n) is 8.67. The highest BCUT2D eigenvalue weighted by Crippen LogP contribution is 2.31. The summed E-state index contributed by atoms with van der Waals surface area (Å²) >= 11 is 0. The van der Waals surface area contributed by atoms with Crippen LogP contribution in [-0.4, -0.2) is 22.4 Å². The van der Waals surface area contributed by atoms with E-state index in [4.69, 9.17) is 9.47 Å². The predicted octanol–water partition coefficient (Wildman–Crippen LogP) is 4.60. The molecular weight excluding hydrogens is 342 g/mol. The Balaban J connectivity index is 1.63. The summed E-state index contributed by atoms with van der Waals surface area (Å²) in [5.74, 6) is 0.493. The lowest BCUT2D eigenvalue weighted by Gasteiger charge is -2.10. The van der Waals surface area contributed by atoms with Crippen molar-refractivity contribution >= 4 is 27.8 Å². The number of fused-ring (bicyclic) bond motifs is 3. The van der Waals surface area contributed by atoms with Gasteiger partial charge in [-0.25, -0.2) is 0 Å². The highest BCUT2D eigenvalue weighted by Gasteiger charge is 2.13. The molecule has 0 aliphatic rings. The van der Waals surface area contributed by atoms with Gasteiger partial charge in [-0.15, -0.1) is 0 Å². The SMILES string of the molecule is Cc1cccc(OCOc2ccc3c4ccccc4n(CC(=O)O)c3c2)c1. The first kappa shape index (κ1) is 17.0. The number of carbonyl (C=O) groups is 1. The molecule has 0 atom stereocenters. The summed E-state index contributed by atoms with van der Waals surface area (Å²) in [6.07, 6.45) is 0. The van der Waals surface area contributed by atoms with E-state index in [1.807, 2.05) is 73.7 Å². The fourth-order valence-electron chi connectivity index (χ4n) is 3.30. The Morgan fingerprint density at radius 3 is 2.41 bits per heavy atom. The second kappa shape index (κ2) is 7.03. The van der Waals surface area contributed by atoms with E-state index in [1.165, 1.54) is 0 Å². The van der Waals surface area contributed by atoms with E-state index < -0.39 is 5.97 Å². The number of benzene rings is 3. The van der Waals surface area contributed by atoms with Gasteiger partial charge in [0.1, 0.15) is 18.0 Å². The Bertz CT molecular complexity index is 1130. The second-order valence-electron chi connectivity index (χ2n) is 6.40. The van der Waals surface area contributed by atoms with Gasteiger partial charge < -0.3 is 19.1 Å². The first-order chi connectivity index (χ1) is 13.1. The summed E-state index contributed by atoms with van der Waals surface area (Å²) in [6.45, 7) is 1.98. The molecule has 1 heterocycles. The molecule has 0 bridgehead atoms. The molecule has 5 nitrogen and oxygen atoms in total. The van der Waals surface area contributed by atoms with Crippen molar-refractivity contribution in [1.82, 2.24) is 4.57 Å². The molecule has 1 N–H and O–H groups in total. The molecule has 1 aromatic heterocycles. The van der Waals surface area contributed by atoms with Crippen LogP contribution >= 0.6 is 0 Å². The number of para-hydroxylation sites is 1. The zero-order valence-corrected chi connectivity index (χ0v) is 14.9. The van der Waals surface area contributed by atoms with E-state index in [-0.39, 0.29) is 13.3 Å². The minimum Gasteiger partial charge on any atom is -0.480 e.